The molecule has 26 heavy (non-hydrogen) atoms. The summed E-state index contributed by atoms with van der Waals surface area (Å²) in [5.74, 6) is 0.295. The van der Waals surface area contributed by atoms with Gasteiger partial charge in [-0.1, -0.05) is 41.9 Å². The molecule has 0 aliphatic heterocycles. The topological polar surface area (TPSA) is 58.6 Å². The van der Waals surface area contributed by atoms with E-state index in [9.17, 15) is 9.59 Å². The maximum absolute atomic E-state index is 12.2. The van der Waals surface area contributed by atoms with Gasteiger partial charge in [0.25, 0.3) is 0 Å². The first-order valence-electron chi connectivity index (χ1n) is 8.38. The van der Waals surface area contributed by atoms with E-state index in [-0.39, 0.29) is 24.3 Å². The Morgan fingerprint density at radius 2 is 1.88 bits per heavy atom. The van der Waals surface area contributed by atoms with Crippen LogP contribution in [-0.4, -0.2) is 30.4 Å². The minimum atomic E-state index is -0.183. The quantitative estimate of drug-likeness (QED) is 0.786. The van der Waals surface area contributed by atoms with Crippen molar-refractivity contribution in [3.8, 4) is 5.75 Å². The number of halogens is 1. The molecule has 138 valence electrons. The first-order valence-corrected chi connectivity index (χ1v) is 8.75. The highest BCUT2D eigenvalue weighted by molar-refractivity contribution is 6.32. The number of anilines is 1. The third-order valence-electron chi connectivity index (χ3n) is 4.17. The Kier molecular flexibility index (Phi) is 7.04. The smallest absolute Gasteiger partial charge is 0.226 e. The van der Waals surface area contributed by atoms with Crippen LogP contribution in [0.1, 0.15) is 31.9 Å². The minimum Gasteiger partial charge on any atom is -0.495 e. The molecule has 0 aliphatic rings. The Bertz CT molecular complexity index is 765. The van der Waals surface area contributed by atoms with Gasteiger partial charge in [0, 0.05) is 25.6 Å². The summed E-state index contributed by atoms with van der Waals surface area (Å²) >= 11 is 6.06. The molecule has 0 saturated carbocycles. The van der Waals surface area contributed by atoms with Crippen molar-refractivity contribution in [3.05, 3.63) is 59.1 Å². The largest absolute Gasteiger partial charge is 0.495 e. The SMILES string of the molecule is COc1ccc(NC(=O)CCN(C(C)=O)C(C)c2ccccc2)cc1Cl. The number of amides is 2. The first kappa shape index (κ1) is 19.8. The molecule has 0 saturated heterocycles. The predicted octanol–water partition coefficient (Wildman–Crippen LogP) is 4.29. The second-order valence-corrected chi connectivity index (χ2v) is 6.35. The average Bonchev–Trinajstić information content (AvgIpc) is 2.62. The van der Waals surface area contributed by atoms with Crippen LogP contribution in [0.5, 0.6) is 5.75 Å². The number of benzene rings is 2. The molecule has 1 unspecified atom stereocenters. The Hall–Kier alpha value is -2.53. The number of carbonyl (C=O) groups excluding carboxylic acids is 2. The van der Waals surface area contributed by atoms with Gasteiger partial charge in [-0.25, -0.2) is 0 Å². The summed E-state index contributed by atoms with van der Waals surface area (Å²) in [4.78, 5) is 25.9. The summed E-state index contributed by atoms with van der Waals surface area (Å²) in [7, 11) is 1.53. The predicted molar refractivity (Wildman–Crippen MR) is 103 cm³/mol. The van der Waals surface area contributed by atoms with Gasteiger partial charge in [-0.15, -0.1) is 0 Å². The fraction of sp³-hybridized carbons (Fsp3) is 0.300. The second-order valence-electron chi connectivity index (χ2n) is 5.95. The van der Waals surface area contributed by atoms with Gasteiger partial charge in [-0.2, -0.15) is 0 Å². The van der Waals surface area contributed by atoms with E-state index >= 15 is 0 Å². The molecule has 0 aromatic heterocycles. The Morgan fingerprint density at radius 1 is 1.19 bits per heavy atom. The molecule has 2 amide bonds. The number of hydrogen-bond acceptors (Lipinski definition) is 3. The van der Waals surface area contributed by atoms with Crippen LogP contribution in [0.25, 0.3) is 0 Å². The molecular weight excluding hydrogens is 352 g/mol. The highest BCUT2D eigenvalue weighted by atomic mass is 35.5. The van der Waals surface area contributed by atoms with E-state index < -0.39 is 0 Å². The summed E-state index contributed by atoms with van der Waals surface area (Å²) in [5, 5.41) is 3.21. The standard InChI is InChI=1S/C20H23ClN2O3/c1-14(16-7-5-4-6-8-16)23(15(2)24)12-11-20(25)22-17-9-10-19(26-3)18(21)13-17/h4-10,13-14H,11-12H2,1-3H3,(H,22,25). The molecule has 0 aliphatic carbocycles. The lowest BCUT2D eigenvalue weighted by molar-refractivity contribution is -0.131. The normalized spacial score (nSPS) is 11.5. The average molecular weight is 375 g/mol. The number of nitrogens with zero attached hydrogens (tertiary/aromatic N) is 1. The Labute approximate surface area is 158 Å². The number of carbonyl (C=O) groups is 2. The monoisotopic (exact) mass is 374 g/mol. The van der Waals surface area contributed by atoms with E-state index in [2.05, 4.69) is 5.32 Å². The molecule has 2 rings (SSSR count). The van der Waals surface area contributed by atoms with E-state index in [0.29, 0.717) is 23.0 Å². The van der Waals surface area contributed by atoms with E-state index in [4.69, 9.17) is 16.3 Å². The van der Waals surface area contributed by atoms with Crippen LogP contribution in [0.4, 0.5) is 5.69 Å². The molecule has 0 spiro atoms. The lowest BCUT2D eigenvalue weighted by atomic mass is 10.1. The molecule has 0 fully saturated rings. The van der Waals surface area contributed by atoms with Crippen LogP contribution < -0.4 is 10.1 Å². The first-order chi connectivity index (χ1) is 12.4. The number of nitrogens with one attached hydrogen (secondary N) is 1. The van der Waals surface area contributed by atoms with Gasteiger partial charge in [0.15, 0.2) is 0 Å². The molecule has 6 heteroatoms. The van der Waals surface area contributed by atoms with Crippen molar-refractivity contribution < 1.29 is 14.3 Å². The molecule has 5 nitrogen and oxygen atoms in total. The Balaban J connectivity index is 1.97. The number of rotatable bonds is 7. The van der Waals surface area contributed by atoms with Gasteiger partial charge in [-0.3, -0.25) is 9.59 Å². The van der Waals surface area contributed by atoms with Gasteiger partial charge in [0.1, 0.15) is 5.75 Å². The molecule has 0 radical (unpaired) electrons. The molecule has 0 bridgehead atoms. The lowest BCUT2D eigenvalue weighted by Gasteiger charge is -2.28. The van der Waals surface area contributed by atoms with E-state index in [1.807, 2.05) is 37.3 Å². The minimum absolute atomic E-state index is 0.0679. The third kappa shape index (κ3) is 5.23. The van der Waals surface area contributed by atoms with Crippen LogP contribution in [0.15, 0.2) is 48.5 Å². The van der Waals surface area contributed by atoms with E-state index in [1.165, 1.54) is 14.0 Å². The fourth-order valence-corrected chi connectivity index (χ4v) is 2.98. The highest BCUT2D eigenvalue weighted by Crippen LogP contribution is 2.27. The van der Waals surface area contributed by atoms with Crippen molar-refractivity contribution in [2.45, 2.75) is 26.3 Å². The summed E-state index contributed by atoms with van der Waals surface area (Å²) in [5.41, 5.74) is 1.62. The van der Waals surface area contributed by atoms with Gasteiger partial charge in [0.05, 0.1) is 18.2 Å². The van der Waals surface area contributed by atoms with Crippen LogP contribution in [0.3, 0.4) is 0 Å². The van der Waals surface area contributed by atoms with Crippen molar-refractivity contribution in [1.82, 2.24) is 4.90 Å². The molecule has 1 atom stereocenters. The zero-order valence-electron chi connectivity index (χ0n) is 15.2. The number of ether oxygens (including phenoxy) is 1. The zero-order valence-corrected chi connectivity index (χ0v) is 15.9. The summed E-state index contributed by atoms with van der Waals surface area (Å²) in [6, 6.07) is 14.7. The number of methoxy groups -OCH3 is 1. The molecule has 2 aromatic carbocycles. The van der Waals surface area contributed by atoms with Crippen molar-refractivity contribution >= 4 is 29.1 Å². The summed E-state index contributed by atoms with van der Waals surface area (Å²) < 4.78 is 5.09. The van der Waals surface area contributed by atoms with Gasteiger partial charge in [0.2, 0.25) is 11.8 Å². The van der Waals surface area contributed by atoms with E-state index in [1.54, 1.807) is 23.1 Å². The summed E-state index contributed by atoms with van der Waals surface area (Å²) in [6.07, 6.45) is 0.195. The van der Waals surface area contributed by atoms with Gasteiger partial charge >= 0.3 is 0 Å². The van der Waals surface area contributed by atoms with Crippen LogP contribution in [0, 0.1) is 0 Å². The molecule has 1 N–H and O–H groups in total. The van der Waals surface area contributed by atoms with Crippen LogP contribution >= 0.6 is 11.6 Å². The van der Waals surface area contributed by atoms with Crippen molar-refractivity contribution in [2.24, 2.45) is 0 Å². The van der Waals surface area contributed by atoms with Crippen molar-refractivity contribution in [3.63, 3.8) is 0 Å². The number of hydrogen-bond donors (Lipinski definition) is 1. The maximum Gasteiger partial charge on any atom is 0.226 e. The van der Waals surface area contributed by atoms with Gasteiger partial charge < -0.3 is 15.0 Å². The lowest BCUT2D eigenvalue weighted by Crippen LogP contribution is -2.34. The van der Waals surface area contributed by atoms with Crippen LogP contribution in [0.2, 0.25) is 5.02 Å². The van der Waals surface area contributed by atoms with Crippen molar-refractivity contribution in [1.29, 1.82) is 0 Å². The second kappa shape index (κ2) is 9.25. The Morgan fingerprint density at radius 3 is 2.46 bits per heavy atom. The summed E-state index contributed by atoms with van der Waals surface area (Å²) in [6.45, 7) is 3.81. The van der Waals surface area contributed by atoms with E-state index in [0.717, 1.165) is 5.56 Å². The van der Waals surface area contributed by atoms with Gasteiger partial charge in [-0.05, 0) is 30.7 Å². The third-order valence-corrected chi connectivity index (χ3v) is 4.46. The molecule has 2 aromatic rings. The van der Waals surface area contributed by atoms with Crippen LogP contribution in [-0.2, 0) is 9.59 Å². The fourth-order valence-electron chi connectivity index (χ4n) is 2.72. The zero-order chi connectivity index (χ0) is 19.1. The van der Waals surface area contributed by atoms with Crippen molar-refractivity contribution in [2.75, 3.05) is 19.0 Å². The highest BCUT2D eigenvalue weighted by Gasteiger charge is 2.19. The molecular formula is C20H23ClN2O3. The maximum atomic E-state index is 12.2. The molecule has 0 heterocycles.